The quantitative estimate of drug-likeness (QED) is 0.140. The van der Waals surface area contributed by atoms with Crippen LogP contribution in [0.2, 0.25) is 0 Å². The first-order valence-corrected chi connectivity index (χ1v) is 20.7. The third-order valence-corrected chi connectivity index (χ3v) is 18.2. The number of allylic oxidation sites excluding steroid dienone is 1. The van der Waals surface area contributed by atoms with Crippen molar-refractivity contribution in [3.05, 3.63) is 57.1 Å². The lowest BCUT2D eigenvalue weighted by Gasteiger charge is -2.05. The van der Waals surface area contributed by atoms with Gasteiger partial charge in [-0.15, -0.1) is 34.9 Å². The molecule has 2 nitrogen and oxygen atoms in total. The predicted molar refractivity (Wildman–Crippen MR) is 191 cm³/mol. The van der Waals surface area contributed by atoms with Crippen molar-refractivity contribution in [1.29, 1.82) is 10.5 Å². The van der Waals surface area contributed by atoms with Crippen LogP contribution in [0, 0.1) is 22.7 Å². The fourth-order valence-corrected chi connectivity index (χ4v) is 17.1. The summed E-state index contributed by atoms with van der Waals surface area (Å²) in [6.45, 7) is 4.56. The van der Waals surface area contributed by atoms with E-state index in [1.165, 1.54) is 92.5 Å². The molecule has 4 rings (SSSR count). The van der Waals surface area contributed by atoms with Gasteiger partial charge in [-0.3, -0.25) is 0 Å². The summed E-state index contributed by atoms with van der Waals surface area (Å²) >= 11 is 17.4. The summed E-state index contributed by atoms with van der Waals surface area (Å²) in [7, 11) is 0. The van der Waals surface area contributed by atoms with Crippen LogP contribution in [0.5, 0.6) is 0 Å². The Kier molecular flexibility index (Phi) is 14.3. The standard InChI is InChI=1S/C28H30N2S9/c1-3-5-7-9-13-31-23-24(32-14-10-8-6-4-2)37-27(36-23)28-38-25-26(39-28)35-22(34-25)16-21-12-11-20(33-21)15-19(17-29)18-30/h11-12,15-16H,3-10,13-14H2,1-2H3. The van der Waals surface area contributed by atoms with E-state index in [-0.39, 0.29) is 5.57 Å². The van der Waals surface area contributed by atoms with E-state index >= 15 is 0 Å². The van der Waals surface area contributed by atoms with Gasteiger partial charge < -0.3 is 0 Å². The van der Waals surface area contributed by atoms with Gasteiger partial charge in [-0.05, 0) is 48.6 Å². The molecule has 0 spiro atoms. The Labute approximate surface area is 271 Å². The van der Waals surface area contributed by atoms with Gasteiger partial charge in [0.25, 0.3) is 0 Å². The fourth-order valence-electron chi connectivity index (χ4n) is 3.53. The van der Waals surface area contributed by atoms with Crippen LogP contribution in [0.25, 0.3) is 12.2 Å². The van der Waals surface area contributed by atoms with Gasteiger partial charge >= 0.3 is 0 Å². The van der Waals surface area contributed by atoms with Gasteiger partial charge in [-0.25, -0.2) is 0 Å². The molecule has 206 valence electrons. The molecule has 0 atom stereocenters. The van der Waals surface area contributed by atoms with E-state index in [0.29, 0.717) is 0 Å². The van der Waals surface area contributed by atoms with E-state index in [2.05, 4.69) is 49.5 Å². The highest BCUT2D eigenvalue weighted by atomic mass is 32.3. The molecular formula is C28H30N2S9. The number of unbranched alkanes of at least 4 members (excludes halogenated alkanes) is 6. The van der Waals surface area contributed by atoms with Crippen molar-refractivity contribution < 1.29 is 0 Å². The van der Waals surface area contributed by atoms with E-state index < -0.39 is 0 Å². The summed E-state index contributed by atoms with van der Waals surface area (Å²) in [5, 5.41) is 18.0. The maximum Gasteiger partial charge on any atom is 0.131 e. The molecule has 3 aliphatic heterocycles. The van der Waals surface area contributed by atoms with E-state index in [4.69, 9.17) is 10.5 Å². The Morgan fingerprint density at radius 1 is 0.692 bits per heavy atom. The minimum Gasteiger partial charge on any atom is -0.192 e. The Bertz CT molecular complexity index is 1200. The summed E-state index contributed by atoms with van der Waals surface area (Å²) in [5.74, 6) is 2.46. The van der Waals surface area contributed by atoms with Crippen LogP contribution in [0.4, 0.5) is 0 Å². The number of nitrogens with zero attached hydrogens (tertiary/aromatic N) is 2. The molecule has 0 unspecified atom stereocenters. The number of thiophene rings is 1. The van der Waals surface area contributed by atoms with Crippen molar-refractivity contribution in [3.8, 4) is 12.1 Å². The highest BCUT2D eigenvalue weighted by Crippen LogP contribution is 2.71. The van der Waals surface area contributed by atoms with E-state index in [1.807, 2.05) is 88.8 Å². The van der Waals surface area contributed by atoms with Crippen LogP contribution in [-0.4, -0.2) is 11.5 Å². The van der Waals surface area contributed by atoms with Gasteiger partial charge in [0.05, 0.1) is 29.7 Å². The Morgan fingerprint density at radius 3 is 1.74 bits per heavy atom. The first kappa shape index (κ1) is 32.1. The summed E-state index contributed by atoms with van der Waals surface area (Å²) in [5.41, 5.74) is 0.142. The summed E-state index contributed by atoms with van der Waals surface area (Å²) in [6.07, 6.45) is 14.5. The largest absolute Gasteiger partial charge is 0.192 e. The van der Waals surface area contributed by atoms with Gasteiger partial charge in [0.15, 0.2) is 0 Å². The zero-order valence-corrected chi connectivity index (χ0v) is 29.3. The number of hydrogen-bond donors (Lipinski definition) is 0. The zero-order chi connectivity index (χ0) is 27.5. The number of rotatable bonds is 14. The molecule has 0 aromatic carbocycles. The first-order valence-electron chi connectivity index (χ1n) is 13.0. The molecule has 1 aromatic heterocycles. The van der Waals surface area contributed by atoms with E-state index in [0.717, 1.165) is 9.75 Å². The van der Waals surface area contributed by atoms with E-state index in [1.54, 1.807) is 17.4 Å². The monoisotopic (exact) mass is 682 g/mol. The van der Waals surface area contributed by atoms with Gasteiger partial charge in [-0.2, -0.15) is 10.5 Å². The molecule has 1 aromatic rings. The van der Waals surface area contributed by atoms with Gasteiger partial charge in [0.2, 0.25) is 0 Å². The highest BCUT2D eigenvalue weighted by Gasteiger charge is 2.34. The van der Waals surface area contributed by atoms with Crippen molar-refractivity contribution >= 4 is 118 Å². The van der Waals surface area contributed by atoms with Crippen LogP contribution in [0.1, 0.15) is 75.0 Å². The molecule has 0 saturated heterocycles. The first-order chi connectivity index (χ1) is 19.1. The Balaban J connectivity index is 1.34. The molecule has 0 amide bonds. The molecule has 39 heavy (non-hydrogen) atoms. The number of nitriles is 2. The second-order valence-electron chi connectivity index (χ2n) is 8.64. The second kappa shape index (κ2) is 17.3. The lowest BCUT2D eigenvalue weighted by molar-refractivity contribution is 0.707. The molecule has 11 heteroatoms. The molecule has 0 saturated carbocycles. The van der Waals surface area contributed by atoms with E-state index in [9.17, 15) is 0 Å². The molecule has 3 aliphatic rings. The third kappa shape index (κ3) is 9.86. The second-order valence-corrected chi connectivity index (χ2v) is 20.0. The molecule has 0 aliphatic carbocycles. The topological polar surface area (TPSA) is 47.6 Å². The van der Waals surface area contributed by atoms with Crippen molar-refractivity contribution in [3.63, 3.8) is 0 Å². The van der Waals surface area contributed by atoms with Crippen molar-refractivity contribution in [2.24, 2.45) is 0 Å². The van der Waals surface area contributed by atoms with Crippen LogP contribution in [0.3, 0.4) is 0 Å². The molecular weight excluding hydrogens is 653 g/mol. The highest BCUT2D eigenvalue weighted by molar-refractivity contribution is 8.49. The maximum atomic E-state index is 9.00. The maximum absolute atomic E-state index is 9.00. The zero-order valence-electron chi connectivity index (χ0n) is 21.9. The molecule has 4 heterocycles. The molecule has 0 bridgehead atoms. The van der Waals surface area contributed by atoms with Crippen molar-refractivity contribution in [2.45, 2.75) is 65.2 Å². The lowest BCUT2D eigenvalue weighted by atomic mass is 10.2. The third-order valence-electron chi connectivity index (χ3n) is 5.53. The smallest absolute Gasteiger partial charge is 0.131 e. The fraction of sp³-hybridized carbons (Fsp3) is 0.429. The van der Waals surface area contributed by atoms with Gasteiger partial charge in [0, 0.05) is 9.75 Å². The Hall–Kier alpha value is 0.180. The van der Waals surface area contributed by atoms with Crippen LogP contribution >= 0.6 is 105 Å². The normalized spacial score (nSPS) is 16.7. The summed E-state index contributed by atoms with van der Waals surface area (Å²) < 4.78 is 10.1. The minimum atomic E-state index is 0.142. The van der Waals surface area contributed by atoms with Crippen LogP contribution in [-0.2, 0) is 0 Å². The molecule has 0 N–H and O–H groups in total. The molecule has 0 radical (unpaired) electrons. The SMILES string of the molecule is CCCCCCSC1=C(SCCCCCC)SC(=C2SC3=C(SC(=Cc4ccc(C=C(C#N)C#N)s4)S3)S2)S1. The Morgan fingerprint density at radius 2 is 1.21 bits per heavy atom. The van der Waals surface area contributed by atoms with Gasteiger partial charge in [-0.1, -0.05) is 123 Å². The van der Waals surface area contributed by atoms with Crippen LogP contribution < -0.4 is 0 Å². The van der Waals surface area contributed by atoms with Crippen molar-refractivity contribution in [1.82, 2.24) is 0 Å². The summed E-state index contributed by atoms with van der Waals surface area (Å²) in [4.78, 5) is 2.08. The van der Waals surface area contributed by atoms with Gasteiger partial charge in [0.1, 0.15) is 17.7 Å². The van der Waals surface area contributed by atoms with Crippen LogP contribution in [0.15, 0.2) is 47.4 Å². The van der Waals surface area contributed by atoms with Crippen molar-refractivity contribution in [2.75, 3.05) is 11.5 Å². The summed E-state index contributed by atoms with van der Waals surface area (Å²) in [6, 6.07) is 7.91. The lowest BCUT2D eigenvalue weighted by Crippen LogP contribution is -1.83. The predicted octanol–water partition coefficient (Wildman–Crippen LogP) is 12.9. The molecule has 0 fully saturated rings. The average molecular weight is 683 g/mol. The minimum absolute atomic E-state index is 0.142. The average Bonchev–Trinajstić information content (AvgIpc) is 3.71. The number of thioether (sulfide) groups is 8. The number of hydrogen-bond acceptors (Lipinski definition) is 11.